The number of nitrogens with zero attached hydrogens (tertiary/aromatic N) is 4. The number of aromatic nitrogens is 3. The second-order valence-electron chi connectivity index (χ2n) is 6.75. The Morgan fingerprint density at radius 2 is 2.12 bits per heavy atom. The van der Waals surface area contributed by atoms with Gasteiger partial charge >= 0.3 is 0 Å². The molecule has 1 aromatic carbocycles. The summed E-state index contributed by atoms with van der Waals surface area (Å²) in [6.07, 6.45) is 2.48. The fourth-order valence-electron chi connectivity index (χ4n) is 3.37. The van der Waals surface area contributed by atoms with Gasteiger partial charge in [-0.2, -0.15) is 0 Å². The Labute approximate surface area is 152 Å². The maximum absolute atomic E-state index is 12.4. The van der Waals surface area contributed by atoms with E-state index in [1.165, 1.54) is 0 Å². The van der Waals surface area contributed by atoms with Gasteiger partial charge in [-0.1, -0.05) is 23.4 Å². The molecule has 1 saturated heterocycles. The standard InChI is InChI=1S/C18H24N6O2/c25-18(20-15-11-14-3-1-2-4-17(14)26-13-15)16-12-24(22-21-16)10-9-23-7-5-19-6-8-23/h1-4,12,15,19H,5-11,13H2,(H,20,25). The van der Waals surface area contributed by atoms with E-state index in [0.29, 0.717) is 12.3 Å². The molecule has 26 heavy (non-hydrogen) atoms. The van der Waals surface area contributed by atoms with E-state index in [0.717, 1.165) is 57.0 Å². The lowest BCUT2D eigenvalue weighted by molar-refractivity contribution is 0.0910. The van der Waals surface area contributed by atoms with Crippen molar-refractivity contribution in [1.82, 2.24) is 30.5 Å². The van der Waals surface area contributed by atoms with Crippen LogP contribution in [0.1, 0.15) is 16.1 Å². The Morgan fingerprint density at radius 3 is 3.00 bits per heavy atom. The Kier molecular flexibility index (Phi) is 5.12. The fourth-order valence-corrected chi connectivity index (χ4v) is 3.37. The number of rotatable bonds is 5. The molecule has 2 aliphatic heterocycles. The summed E-state index contributed by atoms with van der Waals surface area (Å²) in [6.45, 7) is 6.27. The molecule has 3 heterocycles. The van der Waals surface area contributed by atoms with E-state index in [1.807, 2.05) is 24.3 Å². The molecule has 138 valence electrons. The zero-order valence-electron chi connectivity index (χ0n) is 14.7. The molecule has 0 aliphatic carbocycles. The molecule has 0 radical (unpaired) electrons. The molecule has 0 spiro atoms. The van der Waals surface area contributed by atoms with Crippen LogP contribution in [0.4, 0.5) is 0 Å². The Balaban J connectivity index is 1.29. The van der Waals surface area contributed by atoms with Crippen LogP contribution in [0, 0.1) is 0 Å². The molecule has 2 N–H and O–H groups in total. The van der Waals surface area contributed by atoms with Gasteiger partial charge in [0.05, 0.1) is 18.8 Å². The average Bonchev–Trinajstić information content (AvgIpc) is 3.16. The van der Waals surface area contributed by atoms with E-state index in [9.17, 15) is 4.79 Å². The highest BCUT2D eigenvalue weighted by atomic mass is 16.5. The number of ether oxygens (including phenoxy) is 1. The van der Waals surface area contributed by atoms with Gasteiger partial charge in [0.2, 0.25) is 0 Å². The number of amides is 1. The van der Waals surface area contributed by atoms with E-state index < -0.39 is 0 Å². The highest BCUT2D eigenvalue weighted by molar-refractivity contribution is 5.92. The van der Waals surface area contributed by atoms with Gasteiger partial charge in [0.25, 0.3) is 5.91 Å². The fraction of sp³-hybridized carbons (Fsp3) is 0.500. The van der Waals surface area contributed by atoms with Gasteiger partial charge in [0.15, 0.2) is 5.69 Å². The maximum Gasteiger partial charge on any atom is 0.273 e. The van der Waals surface area contributed by atoms with E-state index in [-0.39, 0.29) is 11.9 Å². The number of carbonyl (C=O) groups is 1. The van der Waals surface area contributed by atoms with Crippen molar-refractivity contribution in [3.8, 4) is 5.75 Å². The summed E-state index contributed by atoms with van der Waals surface area (Å²) < 4.78 is 7.46. The molecule has 0 saturated carbocycles. The largest absolute Gasteiger partial charge is 0.491 e. The first-order valence-corrected chi connectivity index (χ1v) is 9.13. The van der Waals surface area contributed by atoms with E-state index >= 15 is 0 Å². The van der Waals surface area contributed by atoms with Crippen LogP contribution in [0.5, 0.6) is 5.75 Å². The minimum absolute atomic E-state index is 0.0524. The SMILES string of the molecule is O=C(NC1COc2ccccc2C1)c1cn(CCN2CCNCC2)nn1. The summed E-state index contributed by atoms with van der Waals surface area (Å²) in [4.78, 5) is 14.8. The van der Waals surface area contributed by atoms with Gasteiger partial charge in [-0.25, -0.2) is 0 Å². The van der Waals surface area contributed by atoms with Gasteiger partial charge in [-0.05, 0) is 18.1 Å². The molecule has 4 rings (SSSR count). The lowest BCUT2D eigenvalue weighted by atomic mass is 10.0. The first-order chi connectivity index (χ1) is 12.8. The van der Waals surface area contributed by atoms with Crippen LogP contribution in [0.2, 0.25) is 0 Å². The van der Waals surface area contributed by atoms with Crippen molar-refractivity contribution in [2.45, 2.75) is 19.0 Å². The lowest BCUT2D eigenvalue weighted by Crippen LogP contribution is -2.44. The normalized spacial score (nSPS) is 20.2. The van der Waals surface area contributed by atoms with Crippen molar-refractivity contribution in [2.24, 2.45) is 0 Å². The van der Waals surface area contributed by atoms with Crippen LogP contribution in [0.25, 0.3) is 0 Å². The van der Waals surface area contributed by atoms with E-state index in [4.69, 9.17) is 4.74 Å². The van der Waals surface area contributed by atoms with Gasteiger partial charge in [-0.3, -0.25) is 14.4 Å². The number of piperazine rings is 1. The van der Waals surface area contributed by atoms with Gasteiger partial charge in [0.1, 0.15) is 12.4 Å². The van der Waals surface area contributed by atoms with Crippen molar-refractivity contribution in [3.63, 3.8) is 0 Å². The zero-order valence-corrected chi connectivity index (χ0v) is 14.7. The van der Waals surface area contributed by atoms with Crippen LogP contribution in [0.15, 0.2) is 30.5 Å². The first kappa shape index (κ1) is 17.0. The molecule has 1 fully saturated rings. The van der Waals surface area contributed by atoms with Gasteiger partial charge in [0, 0.05) is 32.7 Å². The monoisotopic (exact) mass is 356 g/mol. The average molecular weight is 356 g/mol. The molecule has 8 nitrogen and oxygen atoms in total. The van der Waals surface area contributed by atoms with Crippen LogP contribution in [0.3, 0.4) is 0 Å². The lowest BCUT2D eigenvalue weighted by Gasteiger charge is -2.26. The number of para-hydroxylation sites is 1. The Morgan fingerprint density at radius 1 is 1.27 bits per heavy atom. The molecule has 1 amide bonds. The van der Waals surface area contributed by atoms with Crippen LogP contribution in [-0.4, -0.2) is 71.2 Å². The summed E-state index contributed by atoms with van der Waals surface area (Å²) in [7, 11) is 0. The number of benzene rings is 1. The summed E-state index contributed by atoms with van der Waals surface area (Å²) in [5.74, 6) is 0.697. The second-order valence-corrected chi connectivity index (χ2v) is 6.75. The molecule has 1 atom stereocenters. The highest BCUT2D eigenvalue weighted by Gasteiger charge is 2.22. The summed E-state index contributed by atoms with van der Waals surface area (Å²) in [5.41, 5.74) is 1.47. The summed E-state index contributed by atoms with van der Waals surface area (Å²) in [6, 6.07) is 7.87. The van der Waals surface area contributed by atoms with E-state index in [1.54, 1.807) is 10.9 Å². The van der Waals surface area contributed by atoms with Crippen LogP contribution < -0.4 is 15.4 Å². The smallest absolute Gasteiger partial charge is 0.273 e. The van der Waals surface area contributed by atoms with Crippen molar-refractivity contribution < 1.29 is 9.53 Å². The Hall–Kier alpha value is -2.45. The molecule has 1 unspecified atom stereocenters. The first-order valence-electron chi connectivity index (χ1n) is 9.13. The summed E-state index contributed by atoms with van der Waals surface area (Å²) >= 11 is 0. The van der Waals surface area contributed by atoms with Crippen molar-refractivity contribution >= 4 is 5.91 Å². The van der Waals surface area contributed by atoms with Crippen LogP contribution >= 0.6 is 0 Å². The van der Waals surface area contributed by atoms with Gasteiger partial charge in [-0.15, -0.1) is 5.10 Å². The molecular weight excluding hydrogens is 332 g/mol. The number of hydrogen-bond acceptors (Lipinski definition) is 6. The molecule has 8 heteroatoms. The third-order valence-corrected chi connectivity index (χ3v) is 4.84. The van der Waals surface area contributed by atoms with Crippen LogP contribution in [-0.2, 0) is 13.0 Å². The third-order valence-electron chi connectivity index (χ3n) is 4.84. The predicted molar refractivity (Wildman–Crippen MR) is 96.2 cm³/mol. The number of fused-ring (bicyclic) bond motifs is 1. The minimum Gasteiger partial charge on any atom is -0.491 e. The molecule has 2 aromatic rings. The van der Waals surface area contributed by atoms with Crippen molar-refractivity contribution in [2.75, 3.05) is 39.3 Å². The molecule has 2 aliphatic rings. The van der Waals surface area contributed by atoms with Crippen molar-refractivity contribution in [1.29, 1.82) is 0 Å². The molecular formula is C18H24N6O2. The quantitative estimate of drug-likeness (QED) is 0.779. The third kappa shape index (κ3) is 4.03. The topological polar surface area (TPSA) is 84.3 Å². The highest BCUT2D eigenvalue weighted by Crippen LogP contribution is 2.23. The molecule has 1 aromatic heterocycles. The predicted octanol–water partition coefficient (Wildman–Crippen LogP) is -0.0832. The van der Waals surface area contributed by atoms with E-state index in [2.05, 4.69) is 25.8 Å². The number of hydrogen-bond donors (Lipinski definition) is 2. The van der Waals surface area contributed by atoms with Crippen molar-refractivity contribution in [3.05, 3.63) is 41.7 Å². The maximum atomic E-state index is 12.4. The number of nitrogens with one attached hydrogen (secondary N) is 2. The Bertz CT molecular complexity index is 756. The summed E-state index contributed by atoms with van der Waals surface area (Å²) in [5, 5.41) is 14.4. The number of carbonyl (C=O) groups excluding carboxylic acids is 1. The second kappa shape index (κ2) is 7.84. The zero-order chi connectivity index (χ0) is 17.8. The minimum atomic E-state index is -0.202. The van der Waals surface area contributed by atoms with Gasteiger partial charge < -0.3 is 15.4 Å². The molecule has 0 bridgehead atoms.